The molecule has 6 nitrogen and oxygen atoms in total. The van der Waals surface area contributed by atoms with E-state index in [1.54, 1.807) is 0 Å². The van der Waals surface area contributed by atoms with Gasteiger partial charge in [0.15, 0.2) is 0 Å². The summed E-state index contributed by atoms with van der Waals surface area (Å²) in [6.45, 7) is 6.18. The number of nitrogens with zero attached hydrogens (tertiary/aromatic N) is 2. The molecule has 3 heterocycles. The van der Waals surface area contributed by atoms with E-state index in [0.717, 1.165) is 65.0 Å². The van der Waals surface area contributed by atoms with Crippen LogP contribution in [0.5, 0.6) is 0 Å². The van der Waals surface area contributed by atoms with Gasteiger partial charge in [-0.15, -0.1) is 0 Å². The summed E-state index contributed by atoms with van der Waals surface area (Å²) in [6, 6.07) is 0. The Morgan fingerprint density at radius 3 is 2.41 bits per heavy atom. The van der Waals surface area contributed by atoms with Crippen LogP contribution in [0.15, 0.2) is 0 Å². The summed E-state index contributed by atoms with van der Waals surface area (Å²) in [7, 11) is 0. The van der Waals surface area contributed by atoms with E-state index >= 15 is 0 Å². The van der Waals surface area contributed by atoms with Crippen LogP contribution in [0.4, 0.5) is 0 Å². The number of amides is 1. The maximum atomic E-state index is 12.3. The Balaban J connectivity index is 1.15. The lowest BCUT2D eigenvalue weighted by Gasteiger charge is -2.58. The van der Waals surface area contributed by atoms with Crippen molar-refractivity contribution in [3.05, 3.63) is 0 Å². The Bertz CT molecular complexity index is 418. The van der Waals surface area contributed by atoms with Crippen LogP contribution in [0.1, 0.15) is 25.7 Å². The predicted octanol–water partition coefficient (Wildman–Crippen LogP) is -0.577. The van der Waals surface area contributed by atoms with Crippen LogP contribution in [-0.4, -0.2) is 84.9 Å². The van der Waals surface area contributed by atoms with Gasteiger partial charge in [0.1, 0.15) is 0 Å². The van der Waals surface area contributed by atoms with Crippen LogP contribution in [0.25, 0.3) is 0 Å². The summed E-state index contributed by atoms with van der Waals surface area (Å²) in [5.41, 5.74) is 0.271. The molecule has 3 aliphatic heterocycles. The van der Waals surface area contributed by atoms with E-state index in [9.17, 15) is 9.90 Å². The lowest BCUT2D eigenvalue weighted by atomic mass is 9.62. The maximum Gasteiger partial charge on any atom is 0.236 e. The molecule has 3 saturated heterocycles. The summed E-state index contributed by atoms with van der Waals surface area (Å²) in [6.07, 6.45) is 4.52. The third kappa shape index (κ3) is 2.89. The minimum absolute atomic E-state index is 0.123. The van der Waals surface area contributed by atoms with Crippen LogP contribution in [0.2, 0.25) is 0 Å². The zero-order valence-corrected chi connectivity index (χ0v) is 13.2. The zero-order chi connectivity index (χ0) is 15.2. The largest absolute Gasteiger partial charge is 0.393 e. The minimum Gasteiger partial charge on any atom is -0.393 e. The minimum atomic E-state index is -0.123. The fourth-order valence-corrected chi connectivity index (χ4v) is 4.26. The molecule has 22 heavy (non-hydrogen) atoms. The number of ether oxygens (including phenoxy) is 1. The highest BCUT2D eigenvalue weighted by Gasteiger charge is 2.53. The highest BCUT2D eigenvalue weighted by Crippen LogP contribution is 2.48. The summed E-state index contributed by atoms with van der Waals surface area (Å²) < 4.78 is 6.01. The quantitative estimate of drug-likeness (QED) is 0.728. The molecule has 1 aliphatic carbocycles. The summed E-state index contributed by atoms with van der Waals surface area (Å²) in [5.74, 6) is 0.259. The molecule has 4 rings (SSSR count). The van der Waals surface area contributed by atoms with Crippen LogP contribution >= 0.6 is 0 Å². The molecule has 4 fully saturated rings. The van der Waals surface area contributed by atoms with Crippen molar-refractivity contribution in [3.63, 3.8) is 0 Å². The number of rotatable bonds is 4. The topological polar surface area (TPSA) is 65.0 Å². The highest BCUT2D eigenvalue weighted by atomic mass is 16.5. The number of aliphatic hydroxyl groups is 1. The van der Waals surface area contributed by atoms with Crippen LogP contribution in [-0.2, 0) is 9.53 Å². The molecule has 1 amide bonds. The Labute approximate surface area is 131 Å². The number of hydrogen-bond acceptors (Lipinski definition) is 5. The lowest BCUT2D eigenvalue weighted by Crippen LogP contribution is -2.66. The van der Waals surface area contributed by atoms with Crippen LogP contribution in [0, 0.1) is 5.41 Å². The van der Waals surface area contributed by atoms with E-state index in [2.05, 4.69) is 10.2 Å². The van der Waals surface area contributed by atoms with E-state index in [1.807, 2.05) is 4.90 Å². The summed E-state index contributed by atoms with van der Waals surface area (Å²) in [5, 5.41) is 12.6. The first-order valence-electron chi connectivity index (χ1n) is 8.66. The molecule has 0 aromatic heterocycles. The summed E-state index contributed by atoms with van der Waals surface area (Å²) in [4.78, 5) is 16.5. The van der Waals surface area contributed by atoms with Crippen molar-refractivity contribution >= 4 is 5.91 Å². The van der Waals surface area contributed by atoms with Gasteiger partial charge in [0, 0.05) is 44.7 Å². The predicted molar refractivity (Wildman–Crippen MR) is 81.5 cm³/mol. The number of nitrogens with one attached hydrogen (secondary N) is 1. The third-order valence-corrected chi connectivity index (χ3v) is 5.76. The lowest BCUT2D eigenvalue weighted by molar-refractivity contribution is -0.164. The van der Waals surface area contributed by atoms with Crippen molar-refractivity contribution in [2.24, 2.45) is 5.41 Å². The zero-order valence-electron chi connectivity index (χ0n) is 13.2. The van der Waals surface area contributed by atoms with E-state index in [1.165, 1.54) is 0 Å². The van der Waals surface area contributed by atoms with Crippen molar-refractivity contribution in [1.29, 1.82) is 0 Å². The number of carbonyl (C=O) groups is 1. The van der Waals surface area contributed by atoms with Crippen LogP contribution < -0.4 is 5.32 Å². The average molecular weight is 309 g/mol. The molecule has 0 atom stereocenters. The Morgan fingerprint density at radius 2 is 1.86 bits per heavy atom. The monoisotopic (exact) mass is 309 g/mol. The highest BCUT2D eigenvalue weighted by molar-refractivity contribution is 5.79. The first kappa shape index (κ1) is 14.9. The van der Waals surface area contributed by atoms with Gasteiger partial charge in [-0.25, -0.2) is 0 Å². The van der Waals surface area contributed by atoms with E-state index in [0.29, 0.717) is 18.8 Å². The molecule has 0 radical (unpaired) electrons. The fraction of sp³-hybridized carbons (Fsp3) is 0.938. The molecular formula is C16H27N3O3. The fourth-order valence-electron chi connectivity index (χ4n) is 4.26. The van der Waals surface area contributed by atoms with Gasteiger partial charge in [-0.1, -0.05) is 0 Å². The van der Waals surface area contributed by atoms with Gasteiger partial charge in [0.05, 0.1) is 24.9 Å². The van der Waals surface area contributed by atoms with Gasteiger partial charge < -0.3 is 20.1 Å². The van der Waals surface area contributed by atoms with Crippen LogP contribution in [0.3, 0.4) is 0 Å². The molecule has 1 saturated carbocycles. The first-order chi connectivity index (χ1) is 10.6. The number of aliphatic hydroxyl groups excluding tert-OH is 1. The molecule has 2 N–H and O–H groups in total. The Kier molecular flexibility index (Phi) is 3.88. The maximum absolute atomic E-state index is 12.3. The van der Waals surface area contributed by atoms with Gasteiger partial charge in [-0.05, 0) is 25.7 Å². The summed E-state index contributed by atoms with van der Waals surface area (Å²) >= 11 is 0. The van der Waals surface area contributed by atoms with Gasteiger partial charge in [0.25, 0.3) is 0 Å². The van der Waals surface area contributed by atoms with E-state index in [4.69, 9.17) is 4.74 Å². The number of piperidine rings is 1. The molecule has 0 unspecified atom stereocenters. The van der Waals surface area contributed by atoms with Crippen molar-refractivity contribution < 1.29 is 14.6 Å². The van der Waals surface area contributed by atoms with Crippen molar-refractivity contribution in [3.8, 4) is 0 Å². The van der Waals surface area contributed by atoms with Crippen molar-refractivity contribution in [1.82, 2.24) is 15.1 Å². The van der Waals surface area contributed by atoms with E-state index < -0.39 is 0 Å². The standard InChI is InChI=1S/C16H27N3O3/c20-12-5-16(6-12)10-19(11-16)15(21)9-18-3-1-13(2-4-18)22-14-7-17-8-14/h12-14,17,20H,1-11H2. The molecule has 6 heteroatoms. The second-order valence-electron chi connectivity index (χ2n) is 7.70. The third-order valence-electron chi connectivity index (χ3n) is 5.76. The van der Waals surface area contributed by atoms with Gasteiger partial charge in [-0.2, -0.15) is 0 Å². The van der Waals surface area contributed by atoms with Crippen molar-refractivity contribution in [2.75, 3.05) is 45.8 Å². The molecular weight excluding hydrogens is 282 g/mol. The first-order valence-corrected chi connectivity index (χ1v) is 8.66. The second-order valence-corrected chi connectivity index (χ2v) is 7.70. The van der Waals surface area contributed by atoms with E-state index in [-0.39, 0.29) is 17.4 Å². The smallest absolute Gasteiger partial charge is 0.236 e. The van der Waals surface area contributed by atoms with Gasteiger partial charge in [0.2, 0.25) is 5.91 Å². The Hall–Kier alpha value is -0.690. The average Bonchev–Trinajstić information content (AvgIpc) is 2.38. The second kappa shape index (κ2) is 5.74. The van der Waals surface area contributed by atoms with Gasteiger partial charge in [-0.3, -0.25) is 9.69 Å². The van der Waals surface area contributed by atoms with Gasteiger partial charge >= 0.3 is 0 Å². The molecule has 4 aliphatic rings. The molecule has 1 spiro atoms. The Morgan fingerprint density at radius 1 is 1.18 bits per heavy atom. The normalized spacial score (nSPS) is 30.0. The SMILES string of the molecule is O=C(CN1CCC(OC2CNC2)CC1)N1CC2(CC(O)C2)C1. The number of carbonyl (C=O) groups excluding carboxylic acids is 1. The molecule has 124 valence electrons. The molecule has 0 bridgehead atoms. The van der Waals surface area contributed by atoms with Crippen molar-refractivity contribution in [2.45, 2.75) is 44.0 Å². The number of hydrogen-bond donors (Lipinski definition) is 2. The molecule has 0 aromatic carbocycles. The number of likely N-dealkylation sites (tertiary alicyclic amines) is 2. The molecule has 0 aromatic rings.